The highest BCUT2D eigenvalue weighted by atomic mass is 16.5. The molecule has 2 aliphatic heterocycles. The first-order valence-electron chi connectivity index (χ1n) is 7.39. The zero-order valence-electron chi connectivity index (χ0n) is 12.0. The maximum atomic E-state index is 5.73. The predicted molar refractivity (Wildman–Crippen MR) is 76.8 cm³/mol. The van der Waals surface area contributed by atoms with Crippen molar-refractivity contribution in [1.29, 1.82) is 0 Å². The van der Waals surface area contributed by atoms with E-state index in [1.807, 2.05) is 6.92 Å². The number of likely N-dealkylation sites (tertiary alicyclic amines) is 1. The SMILES string of the molecule is CCOc1nc(N)nc(N2CCC(N3CCCC3)C2)n1. The van der Waals surface area contributed by atoms with E-state index in [4.69, 9.17) is 10.5 Å². The second-order valence-corrected chi connectivity index (χ2v) is 5.34. The smallest absolute Gasteiger partial charge is 0.323 e. The number of anilines is 2. The Hall–Kier alpha value is -1.63. The molecule has 3 heterocycles. The standard InChI is InChI=1S/C13H22N6O/c1-2-20-13-16-11(14)15-12(17-13)19-8-5-10(9-19)18-6-3-4-7-18/h10H,2-9H2,1H3,(H2,14,15,16,17). The van der Waals surface area contributed by atoms with Crippen molar-refractivity contribution < 1.29 is 4.74 Å². The van der Waals surface area contributed by atoms with Gasteiger partial charge in [-0.3, -0.25) is 4.90 Å². The van der Waals surface area contributed by atoms with Crippen LogP contribution in [0.5, 0.6) is 6.01 Å². The van der Waals surface area contributed by atoms with Gasteiger partial charge >= 0.3 is 6.01 Å². The molecule has 0 saturated carbocycles. The van der Waals surface area contributed by atoms with Gasteiger partial charge in [-0.25, -0.2) is 0 Å². The van der Waals surface area contributed by atoms with Gasteiger partial charge in [-0.15, -0.1) is 0 Å². The van der Waals surface area contributed by atoms with Crippen molar-refractivity contribution in [3.05, 3.63) is 0 Å². The van der Waals surface area contributed by atoms with Crippen molar-refractivity contribution in [3.8, 4) is 6.01 Å². The summed E-state index contributed by atoms with van der Waals surface area (Å²) in [5, 5.41) is 0. The molecule has 0 amide bonds. The van der Waals surface area contributed by atoms with E-state index < -0.39 is 0 Å². The number of hydrogen-bond donors (Lipinski definition) is 1. The van der Waals surface area contributed by atoms with E-state index in [1.54, 1.807) is 0 Å². The molecule has 7 nitrogen and oxygen atoms in total. The first kappa shape index (κ1) is 13.4. The molecule has 2 N–H and O–H groups in total. The normalized spacial score (nSPS) is 23.4. The van der Waals surface area contributed by atoms with Crippen LogP contribution in [-0.2, 0) is 0 Å². The van der Waals surface area contributed by atoms with Crippen LogP contribution in [0.25, 0.3) is 0 Å². The highest BCUT2D eigenvalue weighted by molar-refractivity contribution is 5.37. The van der Waals surface area contributed by atoms with Crippen molar-refractivity contribution in [2.24, 2.45) is 0 Å². The number of rotatable bonds is 4. The third kappa shape index (κ3) is 2.77. The van der Waals surface area contributed by atoms with Gasteiger partial charge in [0.15, 0.2) is 0 Å². The average molecular weight is 278 g/mol. The van der Waals surface area contributed by atoms with Crippen molar-refractivity contribution in [2.45, 2.75) is 32.2 Å². The van der Waals surface area contributed by atoms with Crippen molar-refractivity contribution in [3.63, 3.8) is 0 Å². The molecule has 0 aromatic carbocycles. The third-order valence-corrected chi connectivity index (χ3v) is 4.00. The van der Waals surface area contributed by atoms with Gasteiger partial charge in [0.1, 0.15) is 0 Å². The molecule has 1 aromatic rings. The number of nitrogens with zero attached hydrogens (tertiary/aromatic N) is 5. The minimum Gasteiger partial charge on any atom is -0.464 e. The van der Waals surface area contributed by atoms with Crippen LogP contribution in [0.15, 0.2) is 0 Å². The molecule has 0 radical (unpaired) electrons. The zero-order chi connectivity index (χ0) is 13.9. The first-order valence-corrected chi connectivity index (χ1v) is 7.39. The van der Waals surface area contributed by atoms with Crippen LogP contribution >= 0.6 is 0 Å². The maximum absolute atomic E-state index is 5.73. The topological polar surface area (TPSA) is 80.4 Å². The highest BCUT2D eigenvalue weighted by Crippen LogP contribution is 2.24. The summed E-state index contributed by atoms with van der Waals surface area (Å²) in [4.78, 5) is 17.3. The van der Waals surface area contributed by atoms with Gasteiger partial charge in [0, 0.05) is 19.1 Å². The summed E-state index contributed by atoms with van der Waals surface area (Å²) in [7, 11) is 0. The fourth-order valence-corrected chi connectivity index (χ4v) is 3.02. The lowest BCUT2D eigenvalue weighted by Crippen LogP contribution is -2.35. The minimum atomic E-state index is 0.225. The third-order valence-electron chi connectivity index (χ3n) is 4.00. The fraction of sp³-hybridized carbons (Fsp3) is 0.769. The molecular formula is C13H22N6O. The molecule has 2 aliphatic rings. The Bertz CT molecular complexity index is 462. The highest BCUT2D eigenvalue weighted by Gasteiger charge is 2.30. The molecule has 0 spiro atoms. The summed E-state index contributed by atoms with van der Waals surface area (Å²) in [6, 6.07) is 0.936. The largest absolute Gasteiger partial charge is 0.464 e. The molecule has 2 fully saturated rings. The predicted octanol–water partition coefficient (Wildman–Crippen LogP) is 0.527. The Morgan fingerprint density at radius 3 is 2.75 bits per heavy atom. The zero-order valence-corrected chi connectivity index (χ0v) is 12.0. The van der Waals surface area contributed by atoms with Gasteiger partial charge in [0.2, 0.25) is 11.9 Å². The van der Waals surface area contributed by atoms with Gasteiger partial charge in [-0.1, -0.05) is 0 Å². The fourth-order valence-electron chi connectivity index (χ4n) is 3.02. The van der Waals surface area contributed by atoms with Crippen LogP contribution < -0.4 is 15.4 Å². The van der Waals surface area contributed by atoms with Gasteiger partial charge in [0.05, 0.1) is 6.61 Å². The quantitative estimate of drug-likeness (QED) is 0.860. The number of ether oxygens (including phenoxy) is 1. The number of nitrogen functional groups attached to an aromatic ring is 1. The second kappa shape index (κ2) is 5.78. The first-order chi connectivity index (χ1) is 9.76. The molecule has 3 rings (SSSR count). The average Bonchev–Trinajstić information content (AvgIpc) is 3.10. The molecule has 110 valence electrons. The van der Waals surface area contributed by atoms with Crippen LogP contribution in [0.1, 0.15) is 26.2 Å². The van der Waals surface area contributed by atoms with Crippen molar-refractivity contribution in [1.82, 2.24) is 19.9 Å². The van der Waals surface area contributed by atoms with Gasteiger partial charge in [0.25, 0.3) is 0 Å². The van der Waals surface area contributed by atoms with Crippen molar-refractivity contribution in [2.75, 3.05) is 43.4 Å². The van der Waals surface area contributed by atoms with Gasteiger partial charge in [-0.05, 0) is 39.3 Å². The van der Waals surface area contributed by atoms with Crippen LogP contribution in [0, 0.1) is 0 Å². The number of hydrogen-bond acceptors (Lipinski definition) is 7. The molecule has 1 atom stereocenters. The molecule has 0 aliphatic carbocycles. The summed E-state index contributed by atoms with van der Waals surface area (Å²) in [5.41, 5.74) is 5.73. The lowest BCUT2D eigenvalue weighted by molar-refractivity contribution is 0.260. The Balaban J connectivity index is 1.70. The van der Waals surface area contributed by atoms with E-state index in [0.717, 1.165) is 19.5 Å². The van der Waals surface area contributed by atoms with E-state index in [1.165, 1.54) is 25.9 Å². The Morgan fingerprint density at radius 1 is 1.20 bits per heavy atom. The Morgan fingerprint density at radius 2 is 2.00 bits per heavy atom. The van der Waals surface area contributed by atoms with E-state index in [0.29, 0.717) is 24.6 Å². The van der Waals surface area contributed by atoms with Gasteiger partial charge in [-0.2, -0.15) is 15.0 Å². The Labute approximate surface area is 119 Å². The van der Waals surface area contributed by atoms with E-state index in [-0.39, 0.29) is 5.95 Å². The maximum Gasteiger partial charge on any atom is 0.323 e. The monoisotopic (exact) mass is 278 g/mol. The van der Waals surface area contributed by atoms with E-state index in [2.05, 4.69) is 24.8 Å². The van der Waals surface area contributed by atoms with Crippen LogP contribution in [0.4, 0.5) is 11.9 Å². The van der Waals surface area contributed by atoms with Crippen LogP contribution in [-0.4, -0.2) is 58.7 Å². The van der Waals surface area contributed by atoms with Crippen LogP contribution in [0.2, 0.25) is 0 Å². The lowest BCUT2D eigenvalue weighted by atomic mass is 10.2. The summed E-state index contributed by atoms with van der Waals surface area (Å²) >= 11 is 0. The number of nitrogens with two attached hydrogens (primary N) is 1. The Kier molecular flexibility index (Phi) is 3.86. The van der Waals surface area contributed by atoms with Crippen molar-refractivity contribution >= 4 is 11.9 Å². The molecule has 2 saturated heterocycles. The second-order valence-electron chi connectivity index (χ2n) is 5.34. The lowest BCUT2D eigenvalue weighted by Gasteiger charge is -2.23. The van der Waals surface area contributed by atoms with E-state index in [9.17, 15) is 0 Å². The molecule has 0 bridgehead atoms. The molecular weight excluding hydrogens is 256 g/mol. The number of aromatic nitrogens is 3. The molecule has 1 unspecified atom stereocenters. The van der Waals surface area contributed by atoms with Gasteiger partial charge < -0.3 is 15.4 Å². The minimum absolute atomic E-state index is 0.225. The summed E-state index contributed by atoms with van der Waals surface area (Å²) < 4.78 is 5.33. The van der Waals surface area contributed by atoms with E-state index >= 15 is 0 Å². The molecule has 1 aromatic heterocycles. The summed E-state index contributed by atoms with van der Waals surface area (Å²) in [6.45, 7) is 6.81. The van der Waals surface area contributed by atoms with Crippen LogP contribution in [0.3, 0.4) is 0 Å². The summed E-state index contributed by atoms with van der Waals surface area (Å²) in [5.74, 6) is 0.866. The molecule has 20 heavy (non-hydrogen) atoms. The summed E-state index contributed by atoms with van der Waals surface area (Å²) in [6.07, 6.45) is 3.81. The molecule has 7 heteroatoms.